The van der Waals surface area contributed by atoms with Gasteiger partial charge in [0.15, 0.2) is 0 Å². The van der Waals surface area contributed by atoms with Crippen LogP contribution in [0.3, 0.4) is 0 Å². The lowest BCUT2D eigenvalue weighted by molar-refractivity contribution is 0.0952. The van der Waals surface area contributed by atoms with Gasteiger partial charge in [0.1, 0.15) is 5.69 Å². The Hall–Kier alpha value is -1.42. The van der Waals surface area contributed by atoms with E-state index < -0.39 is 0 Å². The van der Waals surface area contributed by atoms with E-state index in [0.29, 0.717) is 12.2 Å². The van der Waals surface area contributed by atoms with Crippen LogP contribution >= 0.6 is 11.8 Å². The number of thioether (sulfide) groups is 1. The van der Waals surface area contributed by atoms with Crippen LogP contribution in [-0.2, 0) is 0 Å². The molecule has 84 valence electrons. The Balaban J connectivity index is 2.11. The van der Waals surface area contributed by atoms with E-state index in [9.17, 15) is 4.79 Å². The van der Waals surface area contributed by atoms with Gasteiger partial charge in [-0.05, 0) is 18.4 Å². The van der Waals surface area contributed by atoms with E-state index in [2.05, 4.69) is 10.3 Å². The van der Waals surface area contributed by atoms with Gasteiger partial charge >= 0.3 is 0 Å². The normalized spacial score (nSPS) is 10.6. The standard InChI is InChI=1S/C12H14N2OS/c1-16-7-6-13-12(15)11-8-9-4-2-3-5-10(9)14-11/h2-5,8,14H,6-7H2,1H3,(H,13,15). The molecule has 4 heteroatoms. The first-order valence-corrected chi connectivity index (χ1v) is 6.55. The predicted octanol–water partition coefficient (Wildman–Crippen LogP) is 2.26. The number of carbonyl (C=O) groups is 1. The summed E-state index contributed by atoms with van der Waals surface area (Å²) >= 11 is 1.72. The summed E-state index contributed by atoms with van der Waals surface area (Å²) in [5.74, 6) is 0.900. The molecule has 0 aliphatic carbocycles. The van der Waals surface area contributed by atoms with E-state index in [0.717, 1.165) is 16.7 Å². The predicted molar refractivity (Wildman–Crippen MR) is 69.0 cm³/mol. The molecule has 0 bridgehead atoms. The van der Waals surface area contributed by atoms with Gasteiger partial charge < -0.3 is 10.3 Å². The molecule has 0 saturated heterocycles. The van der Waals surface area contributed by atoms with Crippen molar-refractivity contribution in [2.75, 3.05) is 18.6 Å². The molecule has 2 aromatic rings. The Morgan fingerprint density at radius 3 is 3.00 bits per heavy atom. The molecule has 0 fully saturated rings. The van der Waals surface area contributed by atoms with E-state index in [1.54, 1.807) is 11.8 Å². The molecule has 0 atom stereocenters. The number of benzene rings is 1. The fourth-order valence-electron chi connectivity index (χ4n) is 1.56. The number of hydrogen-bond donors (Lipinski definition) is 2. The average molecular weight is 234 g/mol. The summed E-state index contributed by atoms with van der Waals surface area (Å²) in [6, 6.07) is 9.75. The van der Waals surface area contributed by atoms with Crippen LogP contribution in [-0.4, -0.2) is 29.4 Å². The Morgan fingerprint density at radius 1 is 1.44 bits per heavy atom. The first-order chi connectivity index (χ1) is 7.81. The van der Waals surface area contributed by atoms with Crippen LogP contribution < -0.4 is 5.32 Å². The maximum atomic E-state index is 11.7. The Kier molecular flexibility index (Phi) is 3.51. The first-order valence-electron chi connectivity index (χ1n) is 5.16. The minimum Gasteiger partial charge on any atom is -0.351 e. The number of fused-ring (bicyclic) bond motifs is 1. The van der Waals surface area contributed by atoms with E-state index in [4.69, 9.17) is 0 Å². The van der Waals surface area contributed by atoms with Gasteiger partial charge in [-0.1, -0.05) is 18.2 Å². The van der Waals surface area contributed by atoms with Crippen LogP contribution in [0.25, 0.3) is 10.9 Å². The number of rotatable bonds is 4. The first kappa shape index (κ1) is 11.1. The number of hydrogen-bond acceptors (Lipinski definition) is 2. The summed E-state index contributed by atoms with van der Waals surface area (Å²) in [4.78, 5) is 14.8. The van der Waals surface area contributed by atoms with Crippen molar-refractivity contribution < 1.29 is 4.79 Å². The molecule has 0 saturated carbocycles. The van der Waals surface area contributed by atoms with Crippen molar-refractivity contribution >= 4 is 28.6 Å². The minimum atomic E-state index is -0.0368. The highest BCUT2D eigenvalue weighted by Crippen LogP contribution is 2.14. The third-order valence-electron chi connectivity index (χ3n) is 2.37. The molecular weight excluding hydrogens is 220 g/mol. The van der Waals surface area contributed by atoms with Gasteiger partial charge in [-0.25, -0.2) is 0 Å². The highest BCUT2D eigenvalue weighted by atomic mass is 32.2. The van der Waals surface area contributed by atoms with Crippen LogP contribution in [0.5, 0.6) is 0 Å². The number of aromatic nitrogens is 1. The molecule has 1 amide bonds. The summed E-state index contributed by atoms with van der Waals surface area (Å²) in [5.41, 5.74) is 1.62. The number of H-pyrrole nitrogens is 1. The summed E-state index contributed by atoms with van der Waals surface area (Å²) in [5, 5.41) is 3.94. The third-order valence-corrected chi connectivity index (χ3v) is 2.98. The summed E-state index contributed by atoms with van der Waals surface area (Å²) in [6.45, 7) is 0.704. The highest BCUT2D eigenvalue weighted by Gasteiger charge is 2.07. The third kappa shape index (κ3) is 2.39. The largest absolute Gasteiger partial charge is 0.351 e. The van der Waals surface area contributed by atoms with Crippen molar-refractivity contribution in [3.05, 3.63) is 36.0 Å². The number of carbonyl (C=O) groups excluding carboxylic acids is 1. The minimum absolute atomic E-state index is 0.0368. The van der Waals surface area contributed by atoms with Gasteiger partial charge in [0.2, 0.25) is 0 Å². The molecule has 1 heterocycles. The fourth-order valence-corrected chi connectivity index (χ4v) is 1.86. The van der Waals surface area contributed by atoms with Gasteiger partial charge in [0, 0.05) is 23.2 Å². The summed E-state index contributed by atoms with van der Waals surface area (Å²) in [6.07, 6.45) is 2.02. The summed E-state index contributed by atoms with van der Waals surface area (Å²) < 4.78 is 0. The van der Waals surface area contributed by atoms with Gasteiger partial charge in [-0.15, -0.1) is 0 Å². The molecule has 16 heavy (non-hydrogen) atoms. The second-order valence-corrected chi connectivity index (χ2v) is 4.50. The Morgan fingerprint density at radius 2 is 2.25 bits per heavy atom. The molecule has 0 radical (unpaired) electrons. The zero-order valence-corrected chi connectivity index (χ0v) is 9.93. The molecular formula is C12H14N2OS. The molecule has 1 aromatic heterocycles. The van der Waals surface area contributed by atoms with Gasteiger partial charge in [-0.3, -0.25) is 4.79 Å². The number of aromatic amines is 1. The molecule has 0 aliphatic heterocycles. The topological polar surface area (TPSA) is 44.9 Å². The van der Waals surface area contributed by atoms with Gasteiger partial charge in [0.25, 0.3) is 5.91 Å². The van der Waals surface area contributed by atoms with Crippen LogP contribution in [0.4, 0.5) is 0 Å². The molecule has 0 spiro atoms. The zero-order chi connectivity index (χ0) is 11.4. The van der Waals surface area contributed by atoms with Crippen molar-refractivity contribution in [2.24, 2.45) is 0 Å². The Labute approximate surface area is 98.6 Å². The van der Waals surface area contributed by atoms with Crippen LogP contribution in [0.2, 0.25) is 0 Å². The average Bonchev–Trinajstić information content (AvgIpc) is 2.73. The van der Waals surface area contributed by atoms with Crippen molar-refractivity contribution in [3.63, 3.8) is 0 Å². The van der Waals surface area contributed by atoms with Crippen LogP contribution in [0.1, 0.15) is 10.5 Å². The molecule has 3 nitrogen and oxygen atoms in total. The van der Waals surface area contributed by atoms with Crippen LogP contribution in [0, 0.1) is 0 Å². The van der Waals surface area contributed by atoms with Crippen molar-refractivity contribution in [2.45, 2.75) is 0 Å². The molecule has 0 aliphatic rings. The lowest BCUT2D eigenvalue weighted by atomic mass is 10.2. The van der Waals surface area contributed by atoms with E-state index in [1.807, 2.05) is 36.6 Å². The molecule has 2 rings (SSSR count). The van der Waals surface area contributed by atoms with Crippen molar-refractivity contribution in [1.29, 1.82) is 0 Å². The van der Waals surface area contributed by atoms with E-state index in [1.165, 1.54) is 0 Å². The zero-order valence-electron chi connectivity index (χ0n) is 9.12. The molecule has 1 aromatic carbocycles. The van der Waals surface area contributed by atoms with E-state index >= 15 is 0 Å². The maximum Gasteiger partial charge on any atom is 0.267 e. The monoisotopic (exact) mass is 234 g/mol. The van der Waals surface area contributed by atoms with E-state index in [-0.39, 0.29) is 5.91 Å². The SMILES string of the molecule is CSCCNC(=O)c1cc2ccccc2[nH]1. The Bertz CT molecular complexity index is 459. The molecule has 0 unspecified atom stereocenters. The number of amides is 1. The lowest BCUT2D eigenvalue weighted by Gasteiger charge is -2.00. The number of nitrogens with one attached hydrogen (secondary N) is 2. The fraction of sp³-hybridized carbons (Fsp3) is 0.250. The highest BCUT2D eigenvalue weighted by molar-refractivity contribution is 7.98. The van der Waals surface area contributed by atoms with Crippen molar-refractivity contribution in [1.82, 2.24) is 10.3 Å². The maximum absolute atomic E-state index is 11.7. The molecule has 2 N–H and O–H groups in total. The van der Waals surface area contributed by atoms with Crippen molar-refractivity contribution in [3.8, 4) is 0 Å². The van der Waals surface area contributed by atoms with Gasteiger partial charge in [-0.2, -0.15) is 11.8 Å². The quantitative estimate of drug-likeness (QED) is 0.797. The second-order valence-electron chi connectivity index (χ2n) is 3.52. The van der Waals surface area contributed by atoms with Crippen LogP contribution in [0.15, 0.2) is 30.3 Å². The second kappa shape index (κ2) is 5.07. The smallest absolute Gasteiger partial charge is 0.267 e. The lowest BCUT2D eigenvalue weighted by Crippen LogP contribution is -2.25. The summed E-state index contributed by atoms with van der Waals surface area (Å²) in [7, 11) is 0. The number of para-hydroxylation sites is 1. The van der Waals surface area contributed by atoms with Gasteiger partial charge in [0.05, 0.1) is 0 Å².